The molecule has 1 N–H and O–H groups in total. The molecular weight excluding hydrogens is 406 g/mol. The minimum atomic E-state index is -0.0294. The number of carbonyl (C=O) groups excluding carboxylic acids is 2. The lowest BCUT2D eigenvalue weighted by Gasteiger charge is -2.32. The Bertz CT molecular complexity index is 875. The molecule has 2 amide bonds. The van der Waals surface area contributed by atoms with E-state index in [2.05, 4.69) is 34.5 Å². The third-order valence-corrected chi connectivity index (χ3v) is 7.17. The maximum absolute atomic E-state index is 13.0. The van der Waals surface area contributed by atoms with Crippen molar-refractivity contribution in [2.75, 3.05) is 31.9 Å². The van der Waals surface area contributed by atoms with Crippen LogP contribution in [0.2, 0.25) is 0 Å². The molecule has 2 aromatic rings. The van der Waals surface area contributed by atoms with E-state index in [0.717, 1.165) is 63.3 Å². The van der Waals surface area contributed by atoms with Gasteiger partial charge in [0.2, 0.25) is 5.91 Å². The zero-order valence-corrected chi connectivity index (χ0v) is 18.8. The molecular formula is C25H31N3O2S. The normalized spacial score (nSPS) is 17.6. The fraction of sp³-hybridized carbons (Fsp3) is 0.440. The van der Waals surface area contributed by atoms with Crippen LogP contribution in [0.4, 0.5) is 0 Å². The summed E-state index contributed by atoms with van der Waals surface area (Å²) in [6.45, 7) is 4.67. The Hall–Kier alpha value is -2.31. The second-order valence-corrected chi connectivity index (χ2v) is 9.40. The first-order valence-electron chi connectivity index (χ1n) is 11.3. The van der Waals surface area contributed by atoms with Gasteiger partial charge >= 0.3 is 0 Å². The highest BCUT2D eigenvalue weighted by molar-refractivity contribution is 8.00. The van der Waals surface area contributed by atoms with E-state index < -0.39 is 0 Å². The van der Waals surface area contributed by atoms with E-state index in [1.54, 1.807) is 0 Å². The molecule has 2 fully saturated rings. The van der Waals surface area contributed by atoms with Gasteiger partial charge in [0.1, 0.15) is 0 Å². The number of rotatable bonds is 7. The summed E-state index contributed by atoms with van der Waals surface area (Å²) < 4.78 is 0. The molecule has 2 aliphatic heterocycles. The Morgan fingerprint density at radius 1 is 0.903 bits per heavy atom. The summed E-state index contributed by atoms with van der Waals surface area (Å²) in [6, 6.07) is 18.4. The van der Waals surface area contributed by atoms with Crippen LogP contribution in [0.1, 0.15) is 41.6 Å². The topological polar surface area (TPSA) is 52.7 Å². The maximum Gasteiger partial charge on any atom is 0.252 e. The second-order valence-electron chi connectivity index (χ2n) is 8.38. The van der Waals surface area contributed by atoms with Gasteiger partial charge in [-0.15, -0.1) is 11.8 Å². The maximum atomic E-state index is 13.0. The fourth-order valence-corrected chi connectivity index (χ4v) is 5.27. The van der Waals surface area contributed by atoms with Gasteiger partial charge in [-0.3, -0.25) is 14.5 Å². The molecule has 0 radical (unpaired) electrons. The Morgan fingerprint density at radius 3 is 2.32 bits per heavy atom. The molecule has 2 saturated heterocycles. The molecule has 0 unspecified atom stereocenters. The summed E-state index contributed by atoms with van der Waals surface area (Å²) in [6.07, 6.45) is 4.11. The quantitative estimate of drug-likeness (QED) is 0.670. The Kier molecular flexibility index (Phi) is 7.65. The highest BCUT2D eigenvalue weighted by atomic mass is 32.2. The highest BCUT2D eigenvalue weighted by Gasteiger charge is 2.23. The van der Waals surface area contributed by atoms with Crippen LogP contribution in [0.15, 0.2) is 59.5 Å². The average molecular weight is 438 g/mol. The van der Waals surface area contributed by atoms with Crippen molar-refractivity contribution in [1.82, 2.24) is 15.1 Å². The van der Waals surface area contributed by atoms with E-state index in [1.165, 1.54) is 17.3 Å². The van der Waals surface area contributed by atoms with Gasteiger partial charge in [0.15, 0.2) is 0 Å². The molecule has 0 aliphatic carbocycles. The number of carbonyl (C=O) groups is 2. The van der Waals surface area contributed by atoms with Crippen molar-refractivity contribution in [2.45, 2.75) is 43.2 Å². The van der Waals surface area contributed by atoms with Crippen molar-refractivity contribution in [3.05, 3.63) is 65.7 Å². The van der Waals surface area contributed by atoms with Crippen molar-refractivity contribution in [1.29, 1.82) is 0 Å². The summed E-state index contributed by atoms with van der Waals surface area (Å²) in [7, 11) is 0. The number of amides is 2. The SMILES string of the molecule is O=C(NC1CCN(Cc2ccccc2)CC1)c1ccccc1SCC(=O)N1CCCC1. The predicted molar refractivity (Wildman–Crippen MR) is 125 cm³/mol. The minimum Gasteiger partial charge on any atom is -0.349 e. The molecule has 0 saturated carbocycles. The van der Waals surface area contributed by atoms with Crippen LogP contribution >= 0.6 is 11.8 Å². The zero-order valence-electron chi connectivity index (χ0n) is 18.0. The van der Waals surface area contributed by atoms with Gasteiger partial charge in [-0.1, -0.05) is 42.5 Å². The lowest BCUT2D eigenvalue weighted by molar-refractivity contribution is -0.127. The number of benzene rings is 2. The molecule has 31 heavy (non-hydrogen) atoms. The number of piperidine rings is 1. The van der Waals surface area contributed by atoms with E-state index in [4.69, 9.17) is 0 Å². The van der Waals surface area contributed by atoms with Gasteiger partial charge in [-0.2, -0.15) is 0 Å². The minimum absolute atomic E-state index is 0.0294. The van der Waals surface area contributed by atoms with Crippen LogP contribution in [0.25, 0.3) is 0 Å². The molecule has 164 valence electrons. The largest absolute Gasteiger partial charge is 0.349 e. The van der Waals surface area contributed by atoms with Crippen molar-refractivity contribution < 1.29 is 9.59 Å². The van der Waals surface area contributed by atoms with Crippen molar-refractivity contribution in [3.8, 4) is 0 Å². The van der Waals surface area contributed by atoms with Gasteiger partial charge in [-0.05, 0) is 43.4 Å². The Labute approximate surface area is 189 Å². The highest BCUT2D eigenvalue weighted by Crippen LogP contribution is 2.24. The summed E-state index contributed by atoms with van der Waals surface area (Å²) >= 11 is 1.47. The molecule has 0 bridgehead atoms. The van der Waals surface area contributed by atoms with E-state index in [-0.39, 0.29) is 17.9 Å². The first-order valence-corrected chi connectivity index (χ1v) is 12.2. The predicted octanol–water partition coefficient (Wildman–Crippen LogP) is 3.80. The molecule has 0 spiro atoms. The van der Waals surface area contributed by atoms with Gasteiger partial charge in [-0.25, -0.2) is 0 Å². The van der Waals surface area contributed by atoms with Gasteiger partial charge in [0.25, 0.3) is 5.91 Å². The molecule has 2 heterocycles. The van der Waals surface area contributed by atoms with Crippen molar-refractivity contribution >= 4 is 23.6 Å². The van der Waals surface area contributed by atoms with Crippen LogP contribution in [0.5, 0.6) is 0 Å². The molecule has 5 nitrogen and oxygen atoms in total. The fourth-order valence-electron chi connectivity index (χ4n) is 4.32. The summed E-state index contributed by atoms with van der Waals surface area (Å²) in [5, 5.41) is 3.23. The second kappa shape index (κ2) is 10.8. The van der Waals surface area contributed by atoms with Crippen molar-refractivity contribution in [2.24, 2.45) is 0 Å². The van der Waals surface area contributed by atoms with Gasteiger partial charge < -0.3 is 10.2 Å². The summed E-state index contributed by atoms with van der Waals surface area (Å²) in [5.41, 5.74) is 2.01. The number of likely N-dealkylation sites (tertiary alicyclic amines) is 2. The van der Waals surface area contributed by atoms with E-state index >= 15 is 0 Å². The van der Waals surface area contributed by atoms with E-state index in [9.17, 15) is 9.59 Å². The number of nitrogens with zero attached hydrogens (tertiary/aromatic N) is 2. The van der Waals surface area contributed by atoms with E-state index in [0.29, 0.717) is 11.3 Å². The molecule has 4 rings (SSSR count). The van der Waals surface area contributed by atoms with Crippen LogP contribution in [0, 0.1) is 0 Å². The van der Waals surface area contributed by atoms with Gasteiger partial charge in [0.05, 0.1) is 11.3 Å². The number of hydrogen-bond donors (Lipinski definition) is 1. The van der Waals surface area contributed by atoms with Crippen LogP contribution in [-0.2, 0) is 11.3 Å². The van der Waals surface area contributed by atoms with E-state index in [1.807, 2.05) is 35.2 Å². The smallest absolute Gasteiger partial charge is 0.252 e. The average Bonchev–Trinajstić information content (AvgIpc) is 3.35. The summed E-state index contributed by atoms with van der Waals surface area (Å²) in [5.74, 6) is 0.532. The van der Waals surface area contributed by atoms with Crippen LogP contribution in [0.3, 0.4) is 0 Å². The molecule has 0 aromatic heterocycles. The molecule has 6 heteroatoms. The number of nitrogens with one attached hydrogen (secondary N) is 1. The lowest BCUT2D eigenvalue weighted by atomic mass is 10.0. The van der Waals surface area contributed by atoms with Crippen molar-refractivity contribution in [3.63, 3.8) is 0 Å². The zero-order chi connectivity index (χ0) is 21.5. The van der Waals surface area contributed by atoms with Crippen LogP contribution in [-0.4, -0.2) is 59.6 Å². The number of hydrogen-bond acceptors (Lipinski definition) is 4. The number of thioether (sulfide) groups is 1. The third kappa shape index (κ3) is 6.11. The van der Waals surface area contributed by atoms with Crippen LogP contribution < -0.4 is 5.32 Å². The lowest BCUT2D eigenvalue weighted by Crippen LogP contribution is -2.44. The first kappa shape index (κ1) is 21.9. The molecule has 2 aromatic carbocycles. The monoisotopic (exact) mass is 437 g/mol. The summed E-state index contributed by atoms with van der Waals surface area (Å²) in [4.78, 5) is 30.6. The molecule has 0 atom stereocenters. The third-order valence-electron chi connectivity index (χ3n) is 6.11. The first-order chi connectivity index (χ1) is 15.2. The van der Waals surface area contributed by atoms with Gasteiger partial charge in [0, 0.05) is 43.7 Å². The Balaban J connectivity index is 1.27. The Morgan fingerprint density at radius 2 is 1.58 bits per heavy atom. The molecule has 2 aliphatic rings. The standard InChI is InChI=1S/C25H31N3O2S/c29-24(28-14-6-7-15-28)19-31-23-11-5-4-10-22(23)25(30)26-21-12-16-27(17-13-21)18-20-8-2-1-3-9-20/h1-5,8-11,21H,6-7,12-19H2,(H,26,30).